The summed E-state index contributed by atoms with van der Waals surface area (Å²) in [5, 5.41) is 22.6. The van der Waals surface area contributed by atoms with E-state index in [1.807, 2.05) is 13.8 Å². The predicted octanol–water partition coefficient (Wildman–Crippen LogP) is 2.30. The predicted molar refractivity (Wildman–Crippen MR) is 67.4 cm³/mol. The van der Waals surface area contributed by atoms with Crippen LogP contribution in [0.15, 0.2) is 18.2 Å². The van der Waals surface area contributed by atoms with Crippen LogP contribution in [0, 0.1) is 21.4 Å². The highest BCUT2D eigenvalue weighted by Crippen LogP contribution is 2.23. The van der Waals surface area contributed by atoms with Gasteiger partial charge in [0.05, 0.1) is 10.5 Å². The van der Waals surface area contributed by atoms with Crippen molar-refractivity contribution in [2.75, 3.05) is 19.0 Å². The molecule has 0 aliphatic rings. The Morgan fingerprint density at radius 2 is 2.22 bits per heavy atom. The molecule has 0 spiro atoms. The Bertz CT molecular complexity index is 492. The van der Waals surface area contributed by atoms with Gasteiger partial charge in [-0.25, -0.2) is 0 Å². The van der Waals surface area contributed by atoms with E-state index in [4.69, 9.17) is 10.00 Å². The van der Waals surface area contributed by atoms with E-state index >= 15 is 0 Å². The topological polar surface area (TPSA) is 88.2 Å². The fraction of sp³-hybridized carbons (Fsp3) is 0.417. The number of hydrogen-bond acceptors (Lipinski definition) is 5. The minimum atomic E-state index is -0.564. The second-order valence-corrected chi connectivity index (χ2v) is 4.42. The maximum atomic E-state index is 10.8. The molecule has 0 saturated heterocycles. The summed E-state index contributed by atoms with van der Waals surface area (Å²) in [7, 11) is 1.60. The van der Waals surface area contributed by atoms with Crippen LogP contribution < -0.4 is 5.32 Å². The first-order chi connectivity index (χ1) is 8.39. The molecule has 0 fully saturated rings. The van der Waals surface area contributed by atoms with Gasteiger partial charge in [-0.05, 0) is 26.0 Å². The molecule has 1 aromatic carbocycles. The van der Waals surface area contributed by atoms with Crippen molar-refractivity contribution in [3.63, 3.8) is 0 Å². The lowest BCUT2D eigenvalue weighted by Gasteiger charge is -2.23. The van der Waals surface area contributed by atoms with E-state index in [0.717, 1.165) is 0 Å². The lowest BCUT2D eigenvalue weighted by Crippen LogP contribution is -2.32. The molecule has 6 heteroatoms. The summed E-state index contributed by atoms with van der Waals surface area (Å²) >= 11 is 0. The van der Waals surface area contributed by atoms with Gasteiger partial charge in [-0.15, -0.1) is 0 Å². The first-order valence-electron chi connectivity index (χ1n) is 5.37. The van der Waals surface area contributed by atoms with Crippen molar-refractivity contribution in [2.24, 2.45) is 0 Å². The van der Waals surface area contributed by atoms with E-state index in [2.05, 4.69) is 5.32 Å². The van der Waals surface area contributed by atoms with E-state index in [-0.39, 0.29) is 16.9 Å². The molecule has 0 bridgehead atoms. The van der Waals surface area contributed by atoms with Gasteiger partial charge >= 0.3 is 0 Å². The molecular formula is C12H15N3O3. The molecule has 0 radical (unpaired) electrons. The van der Waals surface area contributed by atoms with Gasteiger partial charge in [0.2, 0.25) is 0 Å². The molecule has 0 atom stereocenters. The summed E-state index contributed by atoms with van der Waals surface area (Å²) in [6.45, 7) is 4.31. The number of nitriles is 1. The van der Waals surface area contributed by atoms with Gasteiger partial charge in [-0.1, -0.05) is 0 Å². The molecule has 0 aromatic heterocycles. The number of nitro groups is 1. The number of methoxy groups -OCH3 is 1. The molecule has 96 valence electrons. The summed E-state index contributed by atoms with van der Waals surface area (Å²) in [4.78, 5) is 10.2. The smallest absolute Gasteiger partial charge is 0.289 e. The average molecular weight is 249 g/mol. The maximum absolute atomic E-state index is 10.8. The van der Waals surface area contributed by atoms with E-state index in [9.17, 15) is 10.1 Å². The van der Waals surface area contributed by atoms with Gasteiger partial charge in [0.15, 0.2) is 0 Å². The number of nitro benzene ring substituents is 1. The third-order valence-electron chi connectivity index (χ3n) is 2.59. The van der Waals surface area contributed by atoms with Crippen LogP contribution in [-0.2, 0) is 4.74 Å². The molecule has 0 amide bonds. The minimum absolute atomic E-state index is 0.0524. The Hall–Kier alpha value is -2.13. The number of hydrogen-bond donors (Lipinski definition) is 1. The van der Waals surface area contributed by atoms with Gasteiger partial charge in [0, 0.05) is 25.4 Å². The molecule has 1 rings (SSSR count). The number of rotatable bonds is 5. The molecule has 6 nitrogen and oxygen atoms in total. The van der Waals surface area contributed by atoms with Crippen molar-refractivity contribution >= 4 is 11.4 Å². The van der Waals surface area contributed by atoms with E-state index in [1.165, 1.54) is 12.1 Å². The second kappa shape index (κ2) is 5.47. The van der Waals surface area contributed by atoms with Gasteiger partial charge in [-0.3, -0.25) is 10.1 Å². The fourth-order valence-corrected chi connectivity index (χ4v) is 1.27. The fourth-order valence-electron chi connectivity index (χ4n) is 1.27. The van der Waals surface area contributed by atoms with Crippen LogP contribution in [0.3, 0.4) is 0 Å². The van der Waals surface area contributed by atoms with Crippen LogP contribution in [0.2, 0.25) is 0 Å². The van der Waals surface area contributed by atoms with Crippen molar-refractivity contribution in [3.05, 3.63) is 33.9 Å². The largest absolute Gasteiger partial charge is 0.382 e. The molecule has 0 saturated carbocycles. The highest BCUT2D eigenvalue weighted by atomic mass is 16.6. The van der Waals surface area contributed by atoms with E-state index < -0.39 is 4.92 Å². The standard InChI is InChI=1S/C12H15N3O3/c1-12(2,18-3)8-14-10-5-4-9(7-13)11(6-10)15(16)17/h4-6,14H,8H2,1-3H3. The Balaban J connectivity index is 2.90. The number of nitrogens with one attached hydrogen (secondary N) is 1. The van der Waals surface area contributed by atoms with Crippen molar-refractivity contribution in [1.29, 1.82) is 5.26 Å². The van der Waals surface area contributed by atoms with Crippen LogP contribution >= 0.6 is 0 Å². The summed E-state index contributed by atoms with van der Waals surface area (Å²) in [6, 6.07) is 6.21. The third kappa shape index (κ3) is 3.43. The summed E-state index contributed by atoms with van der Waals surface area (Å²) in [6.07, 6.45) is 0. The van der Waals surface area contributed by atoms with E-state index in [1.54, 1.807) is 19.2 Å². The van der Waals surface area contributed by atoms with Crippen molar-refractivity contribution in [3.8, 4) is 6.07 Å². The van der Waals surface area contributed by atoms with Gasteiger partial charge < -0.3 is 10.1 Å². The molecular weight excluding hydrogens is 234 g/mol. The molecule has 1 aromatic rings. The van der Waals surface area contributed by atoms with Crippen molar-refractivity contribution in [2.45, 2.75) is 19.4 Å². The SMILES string of the molecule is COC(C)(C)CNc1ccc(C#N)c([N+](=O)[O-])c1. The minimum Gasteiger partial charge on any atom is -0.382 e. The molecule has 0 aliphatic heterocycles. The first kappa shape index (κ1) is 13.9. The molecule has 0 aliphatic carbocycles. The van der Waals surface area contributed by atoms with Gasteiger partial charge in [0.25, 0.3) is 5.69 Å². The van der Waals surface area contributed by atoms with E-state index in [0.29, 0.717) is 12.2 Å². The van der Waals surface area contributed by atoms with Crippen LogP contribution in [0.25, 0.3) is 0 Å². The Labute approximate surface area is 105 Å². The normalized spacial score (nSPS) is 10.8. The summed E-state index contributed by atoms with van der Waals surface area (Å²) in [5.41, 5.74) is 0.0722. The zero-order valence-electron chi connectivity index (χ0n) is 10.6. The first-order valence-corrected chi connectivity index (χ1v) is 5.37. The van der Waals surface area contributed by atoms with Crippen LogP contribution in [0.1, 0.15) is 19.4 Å². The lowest BCUT2D eigenvalue weighted by molar-refractivity contribution is -0.385. The average Bonchev–Trinajstić information content (AvgIpc) is 2.36. The quantitative estimate of drug-likeness (QED) is 0.639. The summed E-state index contributed by atoms with van der Waals surface area (Å²) < 4.78 is 5.23. The Morgan fingerprint density at radius 1 is 1.56 bits per heavy atom. The molecule has 1 N–H and O–H groups in total. The van der Waals surface area contributed by atoms with Crippen molar-refractivity contribution in [1.82, 2.24) is 0 Å². The van der Waals surface area contributed by atoms with Gasteiger partial charge in [-0.2, -0.15) is 5.26 Å². The van der Waals surface area contributed by atoms with Crippen LogP contribution in [0.4, 0.5) is 11.4 Å². The Kier molecular flexibility index (Phi) is 4.23. The van der Waals surface area contributed by atoms with Crippen molar-refractivity contribution < 1.29 is 9.66 Å². The number of ether oxygens (including phenoxy) is 1. The monoisotopic (exact) mass is 249 g/mol. The van der Waals surface area contributed by atoms with Gasteiger partial charge in [0.1, 0.15) is 11.6 Å². The second-order valence-electron chi connectivity index (χ2n) is 4.42. The summed E-state index contributed by atoms with van der Waals surface area (Å²) in [5.74, 6) is 0. The zero-order valence-corrected chi connectivity index (χ0v) is 10.6. The third-order valence-corrected chi connectivity index (χ3v) is 2.59. The molecule has 18 heavy (non-hydrogen) atoms. The number of benzene rings is 1. The lowest BCUT2D eigenvalue weighted by atomic mass is 10.1. The maximum Gasteiger partial charge on any atom is 0.289 e. The van der Waals surface area contributed by atoms with Crippen LogP contribution in [-0.4, -0.2) is 24.2 Å². The molecule has 0 unspecified atom stereocenters. The Morgan fingerprint density at radius 3 is 2.72 bits per heavy atom. The molecule has 0 heterocycles. The van der Waals surface area contributed by atoms with Crippen LogP contribution in [0.5, 0.6) is 0 Å². The zero-order chi connectivity index (χ0) is 13.8. The number of nitrogens with zero attached hydrogens (tertiary/aromatic N) is 2. The highest BCUT2D eigenvalue weighted by molar-refractivity contribution is 5.59. The highest BCUT2D eigenvalue weighted by Gasteiger charge is 2.18. The number of anilines is 1.